The number of rotatable bonds is 3. The fraction of sp³-hybridized carbons (Fsp3) is 0. The topological polar surface area (TPSA) is 39.2 Å². The first-order valence-corrected chi connectivity index (χ1v) is 7.55. The molecule has 0 aliphatic heterocycles. The minimum absolute atomic E-state index is 0.548. The molecule has 0 amide bonds. The van der Waals surface area contributed by atoms with Gasteiger partial charge in [-0.15, -0.1) is 0 Å². The van der Waals surface area contributed by atoms with E-state index in [1.54, 1.807) is 6.08 Å². The van der Waals surface area contributed by atoms with Crippen LogP contribution in [0.5, 0.6) is 0 Å². The van der Waals surface area contributed by atoms with Gasteiger partial charge in [-0.1, -0.05) is 35.9 Å². The molecule has 0 aliphatic carbocycles. The lowest BCUT2D eigenvalue weighted by Gasteiger charge is -1.96. The molecule has 2 heterocycles. The molecule has 0 spiro atoms. The van der Waals surface area contributed by atoms with Crippen molar-refractivity contribution >= 4 is 34.9 Å². The molecule has 0 saturated carbocycles. The van der Waals surface area contributed by atoms with Gasteiger partial charge in [0.05, 0.1) is 0 Å². The Bertz CT molecular complexity index is 964. The number of furan rings is 1. The van der Waals surface area contributed by atoms with Crippen molar-refractivity contribution < 1.29 is 8.83 Å². The first-order chi connectivity index (χ1) is 11.3. The number of para-hydroxylation sites is 2. The number of benzene rings is 2. The van der Waals surface area contributed by atoms with Crippen LogP contribution in [0.25, 0.3) is 34.6 Å². The summed E-state index contributed by atoms with van der Waals surface area (Å²) in [5.41, 5.74) is 2.55. The quantitative estimate of drug-likeness (QED) is 0.470. The van der Waals surface area contributed by atoms with E-state index in [2.05, 4.69) is 4.98 Å². The normalized spacial score (nSPS) is 11.5. The van der Waals surface area contributed by atoms with Gasteiger partial charge in [0.1, 0.15) is 17.0 Å². The molecular weight excluding hydrogens is 310 g/mol. The zero-order valence-corrected chi connectivity index (χ0v) is 12.8. The third kappa shape index (κ3) is 2.91. The number of aromatic nitrogens is 1. The van der Waals surface area contributed by atoms with Crippen LogP contribution in [0, 0.1) is 0 Å². The molecule has 0 N–H and O–H groups in total. The van der Waals surface area contributed by atoms with Crippen LogP contribution in [0.3, 0.4) is 0 Å². The summed E-state index contributed by atoms with van der Waals surface area (Å²) in [5.74, 6) is 2.04. The molecular formula is C19H12ClNO2. The summed E-state index contributed by atoms with van der Waals surface area (Å²) in [6, 6.07) is 19.0. The third-order valence-corrected chi connectivity index (χ3v) is 3.67. The zero-order chi connectivity index (χ0) is 15.6. The summed E-state index contributed by atoms with van der Waals surface area (Å²) >= 11 is 6.01. The number of hydrogen-bond acceptors (Lipinski definition) is 3. The molecule has 0 aliphatic rings. The molecule has 0 bridgehead atoms. The van der Waals surface area contributed by atoms with Crippen molar-refractivity contribution in [2.24, 2.45) is 0 Å². The van der Waals surface area contributed by atoms with Crippen LogP contribution in [-0.2, 0) is 0 Å². The van der Waals surface area contributed by atoms with Gasteiger partial charge in [-0.25, -0.2) is 4.98 Å². The number of nitrogens with zero attached hydrogens (tertiary/aromatic N) is 1. The van der Waals surface area contributed by atoms with Gasteiger partial charge < -0.3 is 8.83 Å². The van der Waals surface area contributed by atoms with Crippen LogP contribution < -0.4 is 0 Å². The van der Waals surface area contributed by atoms with Crippen LogP contribution in [0.15, 0.2) is 69.5 Å². The number of fused-ring (bicyclic) bond motifs is 1. The van der Waals surface area contributed by atoms with E-state index >= 15 is 0 Å². The van der Waals surface area contributed by atoms with E-state index in [9.17, 15) is 0 Å². The average Bonchev–Trinajstić information content (AvgIpc) is 3.19. The van der Waals surface area contributed by atoms with Crippen molar-refractivity contribution in [3.05, 3.63) is 77.3 Å². The monoisotopic (exact) mass is 321 g/mol. The van der Waals surface area contributed by atoms with Gasteiger partial charge in [0, 0.05) is 16.7 Å². The van der Waals surface area contributed by atoms with E-state index in [1.807, 2.05) is 66.7 Å². The van der Waals surface area contributed by atoms with Gasteiger partial charge in [0.25, 0.3) is 0 Å². The highest BCUT2D eigenvalue weighted by atomic mass is 35.5. The number of oxazole rings is 1. The molecule has 4 aromatic rings. The molecule has 112 valence electrons. The van der Waals surface area contributed by atoms with Gasteiger partial charge in [-0.2, -0.15) is 0 Å². The first-order valence-electron chi connectivity index (χ1n) is 7.17. The highest BCUT2D eigenvalue weighted by molar-refractivity contribution is 6.30. The average molecular weight is 322 g/mol. The van der Waals surface area contributed by atoms with Crippen LogP contribution in [0.4, 0.5) is 0 Å². The highest BCUT2D eigenvalue weighted by Crippen LogP contribution is 2.25. The van der Waals surface area contributed by atoms with Gasteiger partial charge in [0.15, 0.2) is 5.58 Å². The lowest BCUT2D eigenvalue weighted by atomic mass is 10.2. The Balaban J connectivity index is 1.59. The fourth-order valence-corrected chi connectivity index (χ4v) is 2.54. The largest absolute Gasteiger partial charge is 0.457 e. The molecule has 4 heteroatoms. The number of hydrogen-bond donors (Lipinski definition) is 0. The van der Waals surface area contributed by atoms with Crippen LogP contribution >= 0.6 is 11.6 Å². The van der Waals surface area contributed by atoms with Crippen molar-refractivity contribution in [2.45, 2.75) is 0 Å². The predicted octanol–water partition coefficient (Wildman–Crippen LogP) is 5.91. The predicted molar refractivity (Wildman–Crippen MR) is 92.1 cm³/mol. The smallest absolute Gasteiger partial charge is 0.220 e. The molecule has 0 atom stereocenters. The zero-order valence-electron chi connectivity index (χ0n) is 12.1. The molecule has 0 unspecified atom stereocenters. The summed E-state index contributed by atoms with van der Waals surface area (Å²) in [6.07, 6.45) is 3.62. The van der Waals surface area contributed by atoms with Crippen LogP contribution in [-0.4, -0.2) is 4.98 Å². The van der Waals surface area contributed by atoms with Crippen molar-refractivity contribution in [3.63, 3.8) is 0 Å². The summed E-state index contributed by atoms with van der Waals surface area (Å²) in [7, 11) is 0. The number of halogens is 1. The van der Waals surface area contributed by atoms with Gasteiger partial charge in [-0.05, 0) is 42.5 Å². The highest BCUT2D eigenvalue weighted by Gasteiger charge is 2.05. The van der Waals surface area contributed by atoms with E-state index in [-0.39, 0.29) is 0 Å². The lowest BCUT2D eigenvalue weighted by molar-refractivity contribution is 0.570. The maximum absolute atomic E-state index is 6.01. The Morgan fingerprint density at radius 2 is 1.78 bits per heavy atom. The van der Waals surface area contributed by atoms with E-state index in [4.69, 9.17) is 20.4 Å². The molecule has 3 nitrogen and oxygen atoms in total. The third-order valence-electron chi connectivity index (χ3n) is 3.44. The van der Waals surface area contributed by atoms with Crippen molar-refractivity contribution in [1.82, 2.24) is 4.98 Å². The Labute approximate surface area is 137 Å². The van der Waals surface area contributed by atoms with E-state index in [1.165, 1.54) is 0 Å². The van der Waals surface area contributed by atoms with Crippen LogP contribution in [0.1, 0.15) is 11.7 Å². The Morgan fingerprint density at radius 3 is 2.65 bits per heavy atom. The second-order valence-electron chi connectivity index (χ2n) is 5.07. The molecule has 0 saturated heterocycles. The summed E-state index contributed by atoms with van der Waals surface area (Å²) in [6.45, 7) is 0. The fourth-order valence-electron chi connectivity index (χ4n) is 2.35. The summed E-state index contributed by atoms with van der Waals surface area (Å²) in [5, 5.41) is 0.683. The second kappa shape index (κ2) is 5.78. The van der Waals surface area contributed by atoms with E-state index in [0.29, 0.717) is 10.9 Å². The maximum atomic E-state index is 6.01. The van der Waals surface area contributed by atoms with Crippen LogP contribution in [0.2, 0.25) is 5.02 Å². The van der Waals surface area contributed by atoms with Crippen molar-refractivity contribution in [2.75, 3.05) is 0 Å². The minimum Gasteiger partial charge on any atom is -0.457 e. The van der Waals surface area contributed by atoms with Gasteiger partial charge >= 0.3 is 0 Å². The summed E-state index contributed by atoms with van der Waals surface area (Å²) < 4.78 is 11.4. The summed E-state index contributed by atoms with van der Waals surface area (Å²) in [4.78, 5) is 4.39. The molecule has 23 heavy (non-hydrogen) atoms. The second-order valence-corrected chi connectivity index (χ2v) is 5.50. The van der Waals surface area contributed by atoms with Crippen molar-refractivity contribution in [3.8, 4) is 11.3 Å². The molecule has 0 fully saturated rings. The Hall–Kier alpha value is -2.78. The lowest BCUT2D eigenvalue weighted by Crippen LogP contribution is -1.72. The Morgan fingerprint density at radius 1 is 0.870 bits per heavy atom. The van der Waals surface area contributed by atoms with Gasteiger partial charge in [0.2, 0.25) is 5.89 Å². The standard InChI is InChI=1S/C19H12ClNO2/c20-14-5-3-4-13(12-14)17-10-8-15(22-17)9-11-19-21-16-6-1-2-7-18(16)23-19/h1-12H/b11-9+. The van der Waals surface area contributed by atoms with E-state index in [0.717, 1.165) is 28.2 Å². The van der Waals surface area contributed by atoms with Gasteiger partial charge in [-0.3, -0.25) is 0 Å². The first kappa shape index (κ1) is 13.9. The Kier molecular flexibility index (Phi) is 3.48. The maximum Gasteiger partial charge on any atom is 0.220 e. The van der Waals surface area contributed by atoms with E-state index < -0.39 is 0 Å². The van der Waals surface area contributed by atoms with Crippen molar-refractivity contribution in [1.29, 1.82) is 0 Å². The molecule has 0 radical (unpaired) electrons. The minimum atomic E-state index is 0.548. The molecule has 2 aromatic carbocycles. The molecule has 2 aromatic heterocycles. The molecule has 4 rings (SSSR count). The SMILES string of the molecule is Clc1cccc(-c2ccc(/C=C/c3nc4ccccc4o3)o2)c1.